The number of aliphatic hydroxyl groups is 2. The third-order valence-corrected chi connectivity index (χ3v) is 8.08. The quantitative estimate of drug-likeness (QED) is 0.657. The van der Waals surface area contributed by atoms with Crippen molar-refractivity contribution < 1.29 is 10.2 Å². The summed E-state index contributed by atoms with van der Waals surface area (Å²) in [6.07, 6.45) is 10.8. The Bertz CT molecular complexity index is 645. The van der Waals surface area contributed by atoms with Gasteiger partial charge in [-0.2, -0.15) is 5.26 Å². The highest BCUT2D eigenvalue weighted by Gasteiger charge is 2.63. The van der Waals surface area contributed by atoms with Crippen LogP contribution in [0.25, 0.3) is 0 Å². The van der Waals surface area contributed by atoms with Gasteiger partial charge >= 0.3 is 0 Å². The second kappa shape index (κ2) is 4.63. The van der Waals surface area contributed by atoms with E-state index in [1.54, 1.807) is 0 Å². The van der Waals surface area contributed by atoms with Crippen molar-refractivity contribution in [1.29, 1.82) is 5.26 Å². The lowest BCUT2D eigenvalue weighted by atomic mass is 9.47. The number of aliphatic hydroxyl groups excluding tert-OH is 1. The van der Waals surface area contributed by atoms with Crippen LogP contribution in [0.15, 0.2) is 23.5 Å². The molecule has 0 aromatic rings. The highest BCUT2D eigenvalue weighted by atomic mass is 16.3. The van der Waals surface area contributed by atoms with Gasteiger partial charge in [-0.25, -0.2) is 0 Å². The van der Waals surface area contributed by atoms with Gasteiger partial charge in [0.2, 0.25) is 0 Å². The predicted octanol–water partition coefficient (Wildman–Crippen LogP) is 4.26. The number of nitrogens with zero attached hydrogens (tertiary/aromatic N) is 1. The van der Waals surface area contributed by atoms with Crippen LogP contribution in [0, 0.1) is 39.9 Å². The standard InChI is InChI=1S/C20H27NO2/c1-18-8-5-14(22)11-13(18)3-4-15-16(18)6-9-19(2)17(15)7-10-20(19,23)12-21/h3,11,15-17,22-23H,4-10H2,1-2H3/t15-,16+,17+,18+,19+,20+/m1/s1. The second-order valence-corrected chi connectivity index (χ2v) is 8.79. The third-order valence-electron chi connectivity index (χ3n) is 8.08. The molecule has 3 nitrogen and oxygen atoms in total. The van der Waals surface area contributed by atoms with Crippen molar-refractivity contribution in [2.45, 2.75) is 64.4 Å². The van der Waals surface area contributed by atoms with Crippen LogP contribution in [0.1, 0.15) is 58.8 Å². The summed E-state index contributed by atoms with van der Waals surface area (Å²) >= 11 is 0. The van der Waals surface area contributed by atoms with Crippen LogP contribution in [0.4, 0.5) is 0 Å². The first-order chi connectivity index (χ1) is 10.8. The van der Waals surface area contributed by atoms with Crippen molar-refractivity contribution in [2.24, 2.45) is 28.6 Å². The molecular weight excluding hydrogens is 286 g/mol. The minimum absolute atomic E-state index is 0.157. The highest BCUT2D eigenvalue weighted by molar-refractivity contribution is 5.36. The van der Waals surface area contributed by atoms with Gasteiger partial charge in [0.05, 0.1) is 11.8 Å². The maximum Gasteiger partial charge on any atom is 0.156 e. The fourth-order valence-corrected chi connectivity index (χ4v) is 6.51. The van der Waals surface area contributed by atoms with E-state index in [4.69, 9.17) is 0 Å². The fraction of sp³-hybridized carbons (Fsp3) is 0.750. The van der Waals surface area contributed by atoms with E-state index in [0.717, 1.165) is 38.5 Å². The molecule has 0 aromatic heterocycles. The molecular formula is C20H27NO2. The Morgan fingerprint density at radius 3 is 2.65 bits per heavy atom. The molecule has 0 radical (unpaired) electrons. The summed E-state index contributed by atoms with van der Waals surface area (Å²) in [5, 5.41) is 30.3. The van der Waals surface area contributed by atoms with Gasteiger partial charge in [0, 0.05) is 11.8 Å². The first-order valence-electron chi connectivity index (χ1n) is 9.08. The van der Waals surface area contributed by atoms with Crippen LogP contribution in [0.5, 0.6) is 0 Å². The molecule has 23 heavy (non-hydrogen) atoms. The van der Waals surface area contributed by atoms with Crippen LogP contribution in [-0.4, -0.2) is 15.8 Å². The average Bonchev–Trinajstić information content (AvgIpc) is 2.80. The van der Waals surface area contributed by atoms with Gasteiger partial charge in [0.1, 0.15) is 0 Å². The summed E-state index contributed by atoms with van der Waals surface area (Å²) in [6, 6.07) is 2.24. The summed E-state index contributed by atoms with van der Waals surface area (Å²) in [5.41, 5.74) is 0.0824. The first-order valence-corrected chi connectivity index (χ1v) is 9.08. The summed E-state index contributed by atoms with van der Waals surface area (Å²) in [6.45, 7) is 4.52. The zero-order valence-corrected chi connectivity index (χ0v) is 14.2. The molecule has 6 atom stereocenters. The molecule has 4 aliphatic carbocycles. The van der Waals surface area contributed by atoms with E-state index in [9.17, 15) is 15.5 Å². The Kier molecular flexibility index (Phi) is 3.08. The van der Waals surface area contributed by atoms with Gasteiger partial charge in [-0.05, 0) is 73.3 Å². The molecule has 0 heterocycles. The van der Waals surface area contributed by atoms with Gasteiger partial charge in [-0.15, -0.1) is 0 Å². The number of allylic oxidation sites excluding steroid dienone is 4. The average molecular weight is 313 g/mol. The molecule has 2 fully saturated rings. The Labute approximate surface area is 138 Å². The van der Waals surface area contributed by atoms with E-state index >= 15 is 0 Å². The number of rotatable bonds is 0. The second-order valence-electron chi connectivity index (χ2n) is 8.79. The molecule has 4 rings (SSSR count). The number of nitriles is 1. The molecule has 0 spiro atoms. The molecule has 4 aliphatic rings. The highest BCUT2D eigenvalue weighted by Crippen LogP contribution is 2.66. The zero-order valence-electron chi connectivity index (χ0n) is 14.2. The molecule has 2 N–H and O–H groups in total. The molecule has 0 unspecified atom stereocenters. The van der Waals surface area contributed by atoms with Crippen molar-refractivity contribution in [3.05, 3.63) is 23.5 Å². The molecule has 0 aliphatic heterocycles. The summed E-state index contributed by atoms with van der Waals surface area (Å²) < 4.78 is 0. The Morgan fingerprint density at radius 2 is 1.91 bits per heavy atom. The van der Waals surface area contributed by atoms with Gasteiger partial charge in [0.25, 0.3) is 0 Å². The monoisotopic (exact) mass is 313 g/mol. The molecule has 3 heteroatoms. The predicted molar refractivity (Wildman–Crippen MR) is 88.4 cm³/mol. The van der Waals surface area contributed by atoms with Gasteiger partial charge in [0.15, 0.2) is 5.60 Å². The van der Waals surface area contributed by atoms with Crippen molar-refractivity contribution >= 4 is 0 Å². The van der Waals surface area contributed by atoms with E-state index in [1.807, 2.05) is 6.08 Å². The first kappa shape index (κ1) is 15.3. The molecule has 2 saturated carbocycles. The summed E-state index contributed by atoms with van der Waals surface area (Å²) in [4.78, 5) is 0. The molecule has 124 valence electrons. The van der Waals surface area contributed by atoms with Crippen molar-refractivity contribution in [3.63, 3.8) is 0 Å². The lowest BCUT2D eigenvalue weighted by molar-refractivity contribution is -0.0931. The summed E-state index contributed by atoms with van der Waals surface area (Å²) in [5.74, 6) is 2.15. The van der Waals surface area contributed by atoms with Crippen LogP contribution in [0.3, 0.4) is 0 Å². The zero-order chi connectivity index (χ0) is 16.5. The summed E-state index contributed by atoms with van der Waals surface area (Å²) in [7, 11) is 0. The topological polar surface area (TPSA) is 64.2 Å². The SMILES string of the molecule is C[C@]12CCC(O)=CC1=CC[C@@H]1[C@@H]2CC[C@@]2(C)[C@H]1CC[C@]2(O)C#N. The molecule has 0 amide bonds. The number of fused-ring (bicyclic) bond motifs is 5. The number of hydrogen-bond acceptors (Lipinski definition) is 3. The van der Waals surface area contributed by atoms with E-state index in [-0.39, 0.29) is 10.8 Å². The largest absolute Gasteiger partial charge is 0.512 e. The van der Waals surface area contributed by atoms with Crippen molar-refractivity contribution in [2.75, 3.05) is 0 Å². The van der Waals surface area contributed by atoms with E-state index in [1.165, 1.54) is 5.57 Å². The fourth-order valence-electron chi connectivity index (χ4n) is 6.51. The van der Waals surface area contributed by atoms with E-state index in [0.29, 0.717) is 29.9 Å². The van der Waals surface area contributed by atoms with Gasteiger partial charge in [-0.3, -0.25) is 0 Å². The van der Waals surface area contributed by atoms with Crippen LogP contribution >= 0.6 is 0 Å². The minimum Gasteiger partial charge on any atom is -0.512 e. The van der Waals surface area contributed by atoms with Crippen molar-refractivity contribution in [3.8, 4) is 6.07 Å². The van der Waals surface area contributed by atoms with Gasteiger partial charge in [-0.1, -0.05) is 19.9 Å². The van der Waals surface area contributed by atoms with Crippen LogP contribution in [-0.2, 0) is 0 Å². The number of hydrogen-bond donors (Lipinski definition) is 2. The Hall–Kier alpha value is -1.27. The molecule has 0 bridgehead atoms. The normalized spacial score (nSPS) is 51.7. The maximum absolute atomic E-state index is 10.9. The molecule has 0 saturated heterocycles. The maximum atomic E-state index is 10.9. The smallest absolute Gasteiger partial charge is 0.156 e. The lowest BCUT2D eigenvalue weighted by Gasteiger charge is -2.57. The minimum atomic E-state index is -1.14. The Balaban J connectivity index is 1.73. The van der Waals surface area contributed by atoms with Crippen LogP contribution < -0.4 is 0 Å². The Morgan fingerprint density at radius 1 is 1.17 bits per heavy atom. The lowest BCUT2D eigenvalue weighted by Crippen LogP contribution is -2.53. The third kappa shape index (κ3) is 1.79. The van der Waals surface area contributed by atoms with Gasteiger partial charge < -0.3 is 10.2 Å². The van der Waals surface area contributed by atoms with Crippen molar-refractivity contribution in [1.82, 2.24) is 0 Å². The van der Waals surface area contributed by atoms with Crippen LogP contribution in [0.2, 0.25) is 0 Å². The van der Waals surface area contributed by atoms with E-state index in [2.05, 4.69) is 26.0 Å². The van der Waals surface area contributed by atoms with E-state index < -0.39 is 5.60 Å². The molecule has 0 aromatic carbocycles.